The lowest BCUT2D eigenvalue weighted by Gasteiger charge is -2.11. The van der Waals surface area contributed by atoms with E-state index in [1.54, 1.807) is 15.3 Å². The van der Waals surface area contributed by atoms with Gasteiger partial charge in [0, 0.05) is 38.6 Å². The Morgan fingerprint density at radius 2 is 2.40 bits per heavy atom. The predicted octanol–water partition coefficient (Wildman–Crippen LogP) is 0.573. The van der Waals surface area contributed by atoms with Crippen LogP contribution in [0.2, 0.25) is 0 Å². The fourth-order valence-corrected chi connectivity index (χ4v) is 2.59. The third-order valence-corrected chi connectivity index (χ3v) is 3.65. The van der Waals surface area contributed by atoms with Crippen molar-refractivity contribution in [2.24, 2.45) is 0 Å². The van der Waals surface area contributed by atoms with E-state index in [2.05, 4.69) is 10.4 Å². The van der Waals surface area contributed by atoms with E-state index in [0.29, 0.717) is 18.2 Å². The van der Waals surface area contributed by atoms with Gasteiger partial charge in [-0.2, -0.15) is 5.10 Å². The van der Waals surface area contributed by atoms with Gasteiger partial charge in [-0.05, 0) is 25.8 Å². The summed E-state index contributed by atoms with van der Waals surface area (Å²) < 4.78 is 8.90. The first-order valence-corrected chi connectivity index (χ1v) is 7.12. The monoisotopic (exact) mass is 276 g/mol. The van der Waals surface area contributed by atoms with Gasteiger partial charge in [0.15, 0.2) is 0 Å². The molecule has 3 heterocycles. The van der Waals surface area contributed by atoms with Gasteiger partial charge in [0.2, 0.25) is 0 Å². The molecule has 1 saturated heterocycles. The topological polar surface area (TPSA) is 60.6 Å². The highest BCUT2D eigenvalue weighted by Gasteiger charge is 2.14. The Balaban J connectivity index is 1.59. The number of rotatable bonds is 5. The van der Waals surface area contributed by atoms with Crippen molar-refractivity contribution < 1.29 is 4.74 Å². The third-order valence-electron chi connectivity index (χ3n) is 3.65. The van der Waals surface area contributed by atoms with Gasteiger partial charge >= 0.3 is 0 Å². The maximum Gasteiger partial charge on any atom is 0.276 e. The van der Waals surface area contributed by atoms with Crippen LogP contribution in [0.1, 0.15) is 18.5 Å². The van der Waals surface area contributed by atoms with E-state index in [-0.39, 0.29) is 5.56 Å². The number of hydrogen-bond acceptors (Lipinski definition) is 4. The van der Waals surface area contributed by atoms with E-state index in [1.165, 1.54) is 0 Å². The number of nitrogens with zero attached hydrogens (tertiary/aromatic N) is 3. The minimum Gasteiger partial charge on any atom is -0.377 e. The molecule has 6 nitrogen and oxygen atoms in total. The molecule has 108 valence electrons. The van der Waals surface area contributed by atoms with Crippen LogP contribution in [-0.2, 0) is 11.3 Å². The highest BCUT2D eigenvalue weighted by molar-refractivity contribution is 5.44. The van der Waals surface area contributed by atoms with Gasteiger partial charge in [-0.15, -0.1) is 0 Å². The van der Waals surface area contributed by atoms with Gasteiger partial charge in [0.1, 0.15) is 5.52 Å². The van der Waals surface area contributed by atoms with Crippen molar-refractivity contribution in [3.8, 4) is 0 Å². The molecular formula is C14H20N4O2. The first-order valence-electron chi connectivity index (χ1n) is 7.12. The highest BCUT2D eigenvalue weighted by Crippen LogP contribution is 2.10. The average molecular weight is 276 g/mol. The summed E-state index contributed by atoms with van der Waals surface area (Å²) in [6.45, 7) is 5.06. The summed E-state index contributed by atoms with van der Waals surface area (Å²) in [5, 5.41) is 7.58. The summed E-state index contributed by atoms with van der Waals surface area (Å²) >= 11 is 0. The molecule has 6 heteroatoms. The van der Waals surface area contributed by atoms with Crippen molar-refractivity contribution in [2.75, 3.05) is 19.7 Å². The predicted molar refractivity (Wildman–Crippen MR) is 76.0 cm³/mol. The molecule has 1 atom stereocenters. The lowest BCUT2D eigenvalue weighted by atomic mass is 10.2. The fourth-order valence-electron chi connectivity index (χ4n) is 2.59. The van der Waals surface area contributed by atoms with Crippen molar-refractivity contribution in [1.29, 1.82) is 0 Å². The number of fused-ring (bicyclic) bond motifs is 1. The molecule has 1 aliphatic heterocycles. The zero-order valence-corrected chi connectivity index (χ0v) is 11.7. The Labute approximate surface area is 117 Å². The van der Waals surface area contributed by atoms with Gasteiger partial charge in [-0.1, -0.05) is 0 Å². The van der Waals surface area contributed by atoms with Crippen molar-refractivity contribution in [2.45, 2.75) is 32.4 Å². The van der Waals surface area contributed by atoms with E-state index in [4.69, 9.17) is 4.74 Å². The summed E-state index contributed by atoms with van der Waals surface area (Å²) in [6.07, 6.45) is 6.24. The van der Waals surface area contributed by atoms with Gasteiger partial charge in [0.05, 0.1) is 11.8 Å². The van der Waals surface area contributed by atoms with Crippen LogP contribution < -0.4 is 10.9 Å². The molecule has 0 aliphatic carbocycles. The molecule has 1 unspecified atom stereocenters. The molecule has 2 aromatic heterocycles. The van der Waals surface area contributed by atoms with E-state index in [0.717, 1.165) is 38.2 Å². The molecule has 3 rings (SSSR count). The van der Waals surface area contributed by atoms with Crippen LogP contribution in [0.15, 0.2) is 23.3 Å². The molecule has 1 N–H and O–H groups in total. The van der Waals surface area contributed by atoms with Crippen molar-refractivity contribution in [3.05, 3.63) is 34.5 Å². The number of nitrogens with one attached hydrogen (secondary N) is 1. The average Bonchev–Trinajstić information content (AvgIpc) is 3.06. The molecule has 0 saturated carbocycles. The molecule has 0 aromatic carbocycles. The molecule has 2 aromatic rings. The fraction of sp³-hybridized carbons (Fsp3) is 0.571. The smallest absolute Gasteiger partial charge is 0.276 e. The molecule has 1 fully saturated rings. The Bertz CT molecular complexity index is 640. The lowest BCUT2D eigenvalue weighted by Crippen LogP contribution is -2.31. The third kappa shape index (κ3) is 2.76. The van der Waals surface area contributed by atoms with E-state index in [9.17, 15) is 4.79 Å². The number of ether oxygens (including phenoxy) is 1. The zero-order chi connectivity index (χ0) is 13.9. The van der Waals surface area contributed by atoms with Crippen molar-refractivity contribution >= 4 is 5.52 Å². The SMILES string of the molecule is Cc1cc2c(=O)n(CCNCC3CCCO3)ccn2n1. The standard InChI is InChI=1S/C14H20N4O2/c1-11-9-13-14(19)17(6-7-18(13)16-11)5-4-15-10-12-3-2-8-20-12/h6-7,9,12,15H,2-5,8,10H2,1H3. The first kappa shape index (κ1) is 13.3. The van der Waals surface area contributed by atoms with E-state index >= 15 is 0 Å². The van der Waals surface area contributed by atoms with Crippen LogP contribution in [0.4, 0.5) is 0 Å². The first-order chi connectivity index (χ1) is 9.74. The van der Waals surface area contributed by atoms with Gasteiger partial charge in [0.25, 0.3) is 5.56 Å². The van der Waals surface area contributed by atoms with Crippen LogP contribution in [0, 0.1) is 6.92 Å². The Hall–Kier alpha value is -1.66. The molecular weight excluding hydrogens is 256 g/mol. The quantitative estimate of drug-likeness (QED) is 0.811. The molecule has 1 aliphatic rings. The van der Waals surface area contributed by atoms with Gasteiger partial charge in [-0.25, -0.2) is 4.52 Å². The molecule has 0 radical (unpaired) electrons. The Kier molecular flexibility index (Phi) is 3.84. The van der Waals surface area contributed by atoms with Gasteiger partial charge in [-0.3, -0.25) is 4.79 Å². The van der Waals surface area contributed by atoms with Crippen LogP contribution in [-0.4, -0.2) is 40.0 Å². The maximum atomic E-state index is 12.2. The second-order valence-electron chi connectivity index (χ2n) is 5.25. The van der Waals surface area contributed by atoms with Gasteiger partial charge < -0.3 is 14.6 Å². The van der Waals surface area contributed by atoms with E-state index < -0.39 is 0 Å². The second kappa shape index (κ2) is 5.76. The Morgan fingerprint density at radius 3 is 3.20 bits per heavy atom. The largest absolute Gasteiger partial charge is 0.377 e. The van der Waals surface area contributed by atoms with E-state index in [1.807, 2.05) is 19.2 Å². The summed E-state index contributed by atoms with van der Waals surface area (Å²) in [5.74, 6) is 0. The van der Waals surface area contributed by atoms with Crippen LogP contribution in [0.25, 0.3) is 5.52 Å². The summed E-state index contributed by atoms with van der Waals surface area (Å²) in [4.78, 5) is 12.2. The maximum absolute atomic E-state index is 12.2. The highest BCUT2D eigenvalue weighted by atomic mass is 16.5. The normalized spacial score (nSPS) is 18.9. The van der Waals surface area contributed by atoms with Crippen molar-refractivity contribution in [3.63, 3.8) is 0 Å². The number of hydrogen-bond donors (Lipinski definition) is 1. The number of aryl methyl sites for hydroxylation is 1. The van der Waals surface area contributed by atoms with Crippen molar-refractivity contribution in [1.82, 2.24) is 19.5 Å². The number of aromatic nitrogens is 3. The second-order valence-corrected chi connectivity index (χ2v) is 5.25. The van der Waals surface area contributed by atoms with Crippen LogP contribution in [0.3, 0.4) is 0 Å². The minimum atomic E-state index is 0.00650. The molecule has 0 bridgehead atoms. The molecule has 20 heavy (non-hydrogen) atoms. The summed E-state index contributed by atoms with van der Waals surface area (Å²) in [6, 6.07) is 1.82. The molecule has 0 amide bonds. The van der Waals surface area contributed by atoms with Crippen LogP contribution in [0.5, 0.6) is 0 Å². The summed E-state index contributed by atoms with van der Waals surface area (Å²) in [7, 11) is 0. The zero-order valence-electron chi connectivity index (χ0n) is 11.7. The van der Waals surface area contributed by atoms with Crippen LogP contribution >= 0.6 is 0 Å². The Morgan fingerprint density at radius 1 is 1.50 bits per heavy atom. The minimum absolute atomic E-state index is 0.00650. The summed E-state index contributed by atoms with van der Waals surface area (Å²) in [5.41, 5.74) is 1.49. The lowest BCUT2D eigenvalue weighted by molar-refractivity contribution is 0.110. The molecule has 0 spiro atoms.